The highest BCUT2D eigenvalue weighted by Crippen LogP contribution is 2.14. The van der Waals surface area contributed by atoms with Crippen LogP contribution in [0.4, 0.5) is 0 Å². The van der Waals surface area contributed by atoms with E-state index >= 15 is 0 Å². The van der Waals surface area contributed by atoms with E-state index in [2.05, 4.69) is 6.07 Å². The van der Waals surface area contributed by atoms with Gasteiger partial charge in [0.15, 0.2) is 0 Å². The standard InChI is InChI=1S/C16H16N2O3/c1-3-18(10-11(2)9-17)15(19)13-8-12-6-4-5-7-14(12)21-16(13)20/h4-8,11H,3,10H2,1-2H3. The van der Waals surface area contributed by atoms with Crippen LogP contribution in [0.2, 0.25) is 0 Å². The Morgan fingerprint density at radius 3 is 2.81 bits per heavy atom. The van der Waals surface area contributed by atoms with E-state index in [0.29, 0.717) is 17.5 Å². The number of carbonyl (C=O) groups is 1. The van der Waals surface area contributed by atoms with Gasteiger partial charge in [0.25, 0.3) is 5.91 Å². The molecule has 1 heterocycles. The summed E-state index contributed by atoms with van der Waals surface area (Å²) in [6, 6.07) is 10.7. The molecule has 0 saturated heterocycles. The number of hydrogen-bond acceptors (Lipinski definition) is 4. The third kappa shape index (κ3) is 3.11. The molecular formula is C16H16N2O3. The molecule has 0 aliphatic rings. The predicted molar refractivity (Wildman–Crippen MR) is 78.8 cm³/mol. The highest BCUT2D eigenvalue weighted by molar-refractivity contribution is 5.96. The third-order valence-corrected chi connectivity index (χ3v) is 3.26. The van der Waals surface area contributed by atoms with Gasteiger partial charge in [-0.2, -0.15) is 5.26 Å². The number of hydrogen-bond donors (Lipinski definition) is 0. The highest BCUT2D eigenvalue weighted by atomic mass is 16.4. The molecule has 108 valence electrons. The van der Waals surface area contributed by atoms with Gasteiger partial charge in [-0.15, -0.1) is 0 Å². The van der Waals surface area contributed by atoms with E-state index in [0.717, 1.165) is 0 Å². The summed E-state index contributed by atoms with van der Waals surface area (Å²) in [5.74, 6) is -0.694. The molecule has 1 amide bonds. The second kappa shape index (κ2) is 6.23. The van der Waals surface area contributed by atoms with Gasteiger partial charge in [-0.1, -0.05) is 18.2 Å². The van der Waals surface area contributed by atoms with Crippen LogP contribution in [0, 0.1) is 17.2 Å². The molecule has 5 heteroatoms. The summed E-state index contributed by atoms with van der Waals surface area (Å²) in [5, 5.41) is 9.56. The minimum atomic E-state index is -0.651. The highest BCUT2D eigenvalue weighted by Gasteiger charge is 2.20. The molecule has 21 heavy (non-hydrogen) atoms. The average Bonchev–Trinajstić information content (AvgIpc) is 2.50. The van der Waals surface area contributed by atoms with Gasteiger partial charge >= 0.3 is 5.63 Å². The van der Waals surface area contributed by atoms with Gasteiger partial charge in [0.1, 0.15) is 11.1 Å². The van der Waals surface area contributed by atoms with Crippen molar-refractivity contribution in [1.82, 2.24) is 4.90 Å². The number of nitriles is 1. The van der Waals surface area contributed by atoms with Crippen molar-refractivity contribution < 1.29 is 9.21 Å². The van der Waals surface area contributed by atoms with E-state index in [1.807, 2.05) is 13.0 Å². The third-order valence-electron chi connectivity index (χ3n) is 3.26. The van der Waals surface area contributed by atoms with E-state index in [-0.39, 0.29) is 18.0 Å². The van der Waals surface area contributed by atoms with Gasteiger partial charge in [-0.3, -0.25) is 4.79 Å². The number of benzene rings is 1. The summed E-state index contributed by atoms with van der Waals surface area (Å²) in [6.07, 6.45) is 0. The van der Waals surface area contributed by atoms with Gasteiger partial charge in [-0.05, 0) is 26.0 Å². The molecule has 1 unspecified atom stereocenters. The Morgan fingerprint density at radius 2 is 2.14 bits per heavy atom. The van der Waals surface area contributed by atoms with Crippen LogP contribution in [-0.2, 0) is 0 Å². The maximum absolute atomic E-state index is 12.4. The van der Waals surface area contributed by atoms with Gasteiger partial charge < -0.3 is 9.32 Å². The second-order valence-corrected chi connectivity index (χ2v) is 4.86. The summed E-state index contributed by atoms with van der Waals surface area (Å²) in [7, 11) is 0. The topological polar surface area (TPSA) is 74.3 Å². The molecule has 1 atom stereocenters. The van der Waals surface area contributed by atoms with Crippen LogP contribution in [0.1, 0.15) is 24.2 Å². The number of carbonyl (C=O) groups excluding carboxylic acids is 1. The van der Waals surface area contributed by atoms with Gasteiger partial charge in [0.05, 0.1) is 12.0 Å². The molecule has 0 saturated carbocycles. The lowest BCUT2D eigenvalue weighted by molar-refractivity contribution is 0.0748. The average molecular weight is 284 g/mol. The quantitative estimate of drug-likeness (QED) is 0.808. The van der Waals surface area contributed by atoms with Crippen LogP contribution >= 0.6 is 0 Å². The molecule has 0 fully saturated rings. The van der Waals surface area contributed by atoms with Crippen LogP contribution in [0.3, 0.4) is 0 Å². The van der Waals surface area contributed by atoms with Crippen molar-refractivity contribution in [2.75, 3.05) is 13.1 Å². The van der Waals surface area contributed by atoms with E-state index in [1.54, 1.807) is 31.2 Å². The monoisotopic (exact) mass is 284 g/mol. The molecule has 1 aromatic heterocycles. The molecule has 0 spiro atoms. The Hall–Kier alpha value is -2.61. The van der Waals surface area contributed by atoms with Gasteiger partial charge in [-0.25, -0.2) is 4.79 Å². The van der Waals surface area contributed by atoms with E-state index in [9.17, 15) is 9.59 Å². The van der Waals surface area contributed by atoms with Crippen LogP contribution in [-0.4, -0.2) is 23.9 Å². The lowest BCUT2D eigenvalue weighted by Gasteiger charge is -2.21. The number of rotatable bonds is 4. The lowest BCUT2D eigenvalue weighted by Crippen LogP contribution is -2.36. The molecule has 1 aromatic carbocycles. The molecule has 0 bridgehead atoms. The predicted octanol–water partition coefficient (Wildman–Crippen LogP) is 2.41. The first-order valence-corrected chi connectivity index (χ1v) is 6.78. The number of nitrogens with zero attached hydrogens (tertiary/aromatic N) is 2. The second-order valence-electron chi connectivity index (χ2n) is 4.86. The van der Waals surface area contributed by atoms with E-state index in [1.165, 1.54) is 4.90 Å². The molecule has 5 nitrogen and oxygen atoms in total. The molecule has 0 N–H and O–H groups in total. The van der Waals surface area contributed by atoms with E-state index in [4.69, 9.17) is 9.68 Å². The summed E-state index contributed by atoms with van der Waals surface area (Å²) < 4.78 is 5.17. The molecule has 0 radical (unpaired) electrons. The maximum atomic E-state index is 12.4. The first-order valence-electron chi connectivity index (χ1n) is 6.78. The van der Waals surface area contributed by atoms with E-state index < -0.39 is 11.5 Å². The number of para-hydroxylation sites is 1. The normalized spacial score (nSPS) is 11.9. The zero-order chi connectivity index (χ0) is 15.4. The molecule has 0 aliphatic carbocycles. The first kappa shape index (κ1) is 14.8. The Labute approximate surface area is 122 Å². The van der Waals surface area contributed by atoms with Gasteiger partial charge in [0.2, 0.25) is 0 Å². The molecule has 2 aromatic rings. The van der Waals surface area contributed by atoms with Crippen molar-refractivity contribution in [2.45, 2.75) is 13.8 Å². The van der Waals surface area contributed by atoms with Crippen LogP contribution in [0.15, 0.2) is 39.5 Å². The van der Waals surface area contributed by atoms with Crippen LogP contribution in [0.25, 0.3) is 11.0 Å². The van der Waals surface area contributed by atoms with Crippen molar-refractivity contribution in [1.29, 1.82) is 5.26 Å². The number of fused-ring (bicyclic) bond motifs is 1. The van der Waals surface area contributed by atoms with Crippen LogP contribution in [0.5, 0.6) is 0 Å². The minimum Gasteiger partial charge on any atom is -0.422 e. The summed E-state index contributed by atoms with van der Waals surface area (Å²) in [4.78, 5) is 25.9. The minimum absolute atomic E-state index is 0.000639. The number of amides is 1. The van der Waals surface area contributed by atoms with Crippen molar-refractivity contribution in [3.05, 3.63) is 46.3 Å². The zero-order valence-electron chi connectivity index (χ0n) is 12.0. The Balaban J connectivity index is 2.40. The first-order chi connectivity index (χ1) is 10.1. The SMILES string of the molecule is CCN(CC(C)C#N)C(=O)c1cc2ccccc2oc1=O. The van der Waals surface area contributed by atoms with Crippen molar-refractivity contribution >= 4 is 16.9 Å². The largest absolute Gasteiger partial charge is 0.422 e. The summed E-state index contributed by atoms with van der Waals surface area (Å²) in [6.45, 7) is 4.26. The van der Waals surface area contributed by atoms with Crippen molar-refractivity contribution in [3.8, 4) is 6.07 Å². The molecular weight excluding hydrogens is 268 g/mol. The molecule has 2 rings (SSSR count). The zero-order valence-corrected chi connectivity index (χ0v) is 12.0. The molecule has 0 aliphatic heterocycles. The summed E-state index contributed by atoms with van der Waals surface area (Å²) in [5.41, 5.74) is -0.199. The van der Waals surface area contributed by atoms with Crippen molar-refractivity contribution in [2.24, 2.45) is 5.92 Å². The maximum Gasteiger partial charge on any atom is 0.349 e. The fourth-order valence-electron chi connectivity index (χ4n) is 2.11. The van der Waals surface area contributed by atoms with Crippen molar-refractivity contribution in [3.63, 3.8) is 0 Å². The lowest BCUT2D eigenvalue weighted by atomic mass is 10.1. The summed E-state index contributed by atoms with van der Waals surface area (Å²) >= 11 is 0. The Bertz CT molecular complexity index is 758. The Kier molecular flexibility index (Phi) is 4.39. The van der Waals surface area contributed by atoms with Gasteiger partial charge in [0, 0.05) is 18.5 Å². The smallest absolute Gasteiger partial charge is 0.349 e. The fraction of sp³-hybridized carbons (Fsp3) is 0.312. The fourth-order valence-corrected chi connectivity index (χ4v) is 2.11. The Morgan fingerprint density at radius 1 is 1.43 bits per heavy atom. The van der Waals surface area contributed by atoms with Crippen LogP contribution < -0.4 is 5.63 Å².